The average Bonchev–Trinajstić information content (AvgIpc) is 2.93. The monoisotopic (exact) mass is 257 g/mol. The van der Waals surface area contributed by atoms with Gasteiger partial charge in [-0.3, -0.25) is 0 Å². The van der Waals surface area contributed by atoms with Gasteiger partial charge in [0.1, 0.15) is 10.7 Å². The van der Waals surface area contributed by atoms with E-state index in [2.05, 4.69) is 22.1 Å². The van der Waals surface area contributed by atoms with Crippen molar-refractivity contribution in [3.63, 3.8) is 0 Å². The zero-order chi connectivity index (χ0) is 12.7. The maximum absolute atomic E-state index is 10.7. The minimum atomic E-state index is 0.434. The lowest BCUT2D eigenvalue weighted by Gasteiger charge is -1.91. The first-order valence-corrected chi connectivity index (χ1v) is 6.40. The molecule has 0 unspecified atom stereocenters. The van der Waals surface area contributed by atoms with Gasteiger partial charge in [-0.15, -0.1) is 16.2 Å². The summed E-state index contributed by atoms with van der Waals surface area (Å²) in [6.45, 7) is 4.05. The van der Waals surface area contributed by atoms with Crippen LogP contribution in [0, 0.1) is 18.8 Å². The normalized spacial score (nSPS) is 11.0. The van der Waals surface area contributed by atoms with Gasteiger partial charge in [0, 0.05) is 10.3 Å². The minimum Gasteiger partial charge on any atom is -0.351 e. The highest BCUT2D eigenvalue weighted by molar-refractivity contribution is 7.15. The molecule has 0 aliphatic rings. The molecular formula is C13H11N3OS. The highest BCUT2D eigenvalue weighted by Crippen LogP contribution is 2.32. The largest absolute Gasteiger partial charge is 0.351 e. The van der Waals surface area contributed by atoms with Crippen molar-refractivity contribution in [2.45, 2.75) is 13.8 Å². The molecule has 0 spiro atoms. The lowest BCUT2D eigenvalue weighted by atomic mass is 10.2. The third kappa shape index (κ3) is 1.64. The van der Waals surface area contributed by atoms with Crippen LogP contribution in [-0.4, -0.2) is 9.97 Å². The number of aryl methyl sites for hydroxylation is 2. The van der Waals surface area contributed by atoms with Crippen molar-refractivity contribution in [3.8, 4) is 10.7 Å². The van der Waals surface area contributed by atoms with Crippen molar-refractivity contribution in [1.82, 2.24) is 9.97 Å². The minimum absolute atomic E-state index is 0.434. The van der Waals surface area contributed by atoms with Crippen LogP contribution in [0.4, 0.5) is 5.69 Å². The van der Waals surface area contributed by atoms with Crippen molar-refractivity contribution >= 4 is 27.9 Å². The fourth-order valence-electron chi connectivity index (χ4n) is 1.92. The van der Waals surface area contributed by atoms with Crippen LogP contribution in [0.25, 0.3) is 21.6 Å². The molecule has 2 heterocycles. The molecule has 0 saturated carbocycles. The topological polar surface area (TPSA) is 58.1 Å². The second-order valence-corrected chi connectivity index (χ2v) is 5.38. The lowest BCUT2D eigenvalue weighted by molar-refractivity contribution is 1.22. The van der Waals surface area contributed by atoms with Crippen molar-refractivity contribution in [2.24, 2.45) is 5.18 Å². The number of nitrogens with zero attached hydrogens (tertiary/aromatic N) is 2. The summed E-state index contributed by atoms with van der Waals surface area (Å²) >= 11 is 1.65. The third-order valence-electron chi connectivity index (χ3n) is 2.99. The average molecular weight is 257 g/mol. The number of benzene rings is 1. The molecule has 5 heteroatoms. The van der Waals surface area contributed by atoms with E-state index in [9.17, 15) is 4.91 Å². The number of H-pyrrole nitrogens is 1. The standard InChI is InChI=1S/C13H11N3OS/c1-7-8(2)18-13(14-7)11-6-9-4-3-5-10(16-17)12(9)15-11/h3-6,15H,1-2H3. The predicted molar refractivity (Wildman–Crippen MR) is 74.3 cm³/mol. The van der Waals surface area contributed by atoms with Crippen LogP contribution in [0.3, 0.4) is 0 Å². The first-order chi connectivity index (χ1) is 8.69. The summed E-state index contributed by atoms with van der Waals surface area (Å²) in [6, 6.07) is 7.49. The number of rotatable bonds is 2. The summed E-state index contributed by atoms with van der Waals surface area (Å²) < 4.78 is 0. The van der Waals surface area contributed by atoms with Crippen molar-refractivity contribution < 1.29 is 0 Å². The second kappa shape index (κ2) is 4.03. The molecule has 0 bridgehead atoms. The van der Waals surface area contributed by atoms with Gasteiger partial charge in [0.25, 0.3) is 0 Å². The fourth-order valence-corrected chi connectivity index (χ4v) is 2.81. The molecule has 4 nitrogen and oxygen atoms in total. The van der Waals surface area contributed by atoms with Crippen LogP contribution < -0.4 is 0 Å². The van der Waals surface area contributed by atoms with E-state index in [0.717, 1.165) is 27.3 Å². The van der Waals surface area contributed by atoms with Gasteiger partial charge in [-0.25, -0.2) is 4.98 Å². The molecule has 0 fully saturated rings. The molecule has 18 heavy (non-hydrogen) atoms. The van der Waals surface area contributed by atoms with E-state index in [1.54, 1.807) is 17.4 Å². The van der Waals surface area contributed by atoms with Gasteiger partial charge in [0.2, 0.25) is 0 Å². The number of hydrogen-bond donors (Lipinski definition) is 1. The smallest absolute Gasteiger partial charge is 0.140 e. The van der Waals surface area contributed by atoms with Crippen molar-refractivity contribution in [3.05, 3.63) is 39.7 Å². The molecule has 3 rings (SSSR count). The number of nitroso groups, excluding NO2 is 1. The molecule has 0 radical (unpaired) electrons. The van der Waals surface area contributed by atoms with E-state index >= 15 is 0 Å². The molecule has 3 aromatic rings. The number of hydrogen-bond acceptors (Lipinski definition) is 4. The Bertz CT molecular complexity index is 722. The number of para-hydroxylation sites is 1. The molecule has 0 atom stereocenters. The summed E-state index contributed by atoms with van der Waals surface area (Å²) in [4.78, 5) is 19.7. The highest BCUT2D eigenvalue weighted by atomic mass is 32.1. The van der Waals surface area contributed by atoms with E-state index in [1.807, 2.05) is 25.1 Å². The lowest BCUT2D eigenvalue weighted by Crippen LogP contribution is -1.76. The molecule has 0 saturated heterocycles. The Kier molecular flexibility index (Phi) is 2.48. The van der Waals surface area contributed by atoms with Crippen LogP contribution in [0.2, 0.25) is 0 Å². The number of thiazole rings is 1. The first kappa shape index (κ1) is 11.1. The van der Waals surface area contributed by atoms with Crippen LogP contribution in [0.5, 0.6) is 0 Å². The third-order valence-corrected chi connectivity index (χ3v) is 4.10. The highest BCUT2D eigenvalue weighted by Gasteiger charge is 2.11. The van der Waals surface area contributed by atoms with Crippen LogP contribution in [-0.2, 0) is 0 Å². The number of fused-ring (bicyclic) bond motifs is 1. The molecule has 1 N–H and O–H groups in total. The Morgan fingerprint density at radius 2 is 2.17 bits per heavy atom. The van der Waals surface area contributed by atoms with Gasteiger partial charge in [-0.2, -0.15) is 0 Å². The predicted octanol–water partition coefficient (Wildman–Crippen LogP) is 4.31. The SMILES string of the molecule is Cc1nc(-c2cc3cccc(N=O)c3[nH]2)sc1C. The maximum atomic E-state index is 10.7. The Morgan fingerprint density at radius 1 is 1.33 bits per heavy atom. The molecule has 1 aromatic carbocycles. The quantitative estimate of drug-likeness (QED) is 0.695. The van der Waals surface area contributed by atoms with Crippen LogP contribution in [0.15, 0.2) is 29.4 Å². The van der Waals surface area contributed by atoms with Gasteiger partial charge in [-0.05, 0) is 31.2 Å². The van der Waals surface area contributed by atoms with E-state index in [1.165, 1.54) is 4.88 Å². The molecule has 90 valence electrons. The van der Waals surface area contributed by atoms with Gasteiger partial charge in [-0.1, -0.05) is 12.1 Å². The van der Waals surface area contributed by atoms with E-state index in [0.29, 0.717) is 5.69 Å². The zero-order valence-electron chi connectivity index (χ0n) is 10.0. The van der Waals surface area contributed by atoms with Crippen molar-refractivity contribution in [1.29, 1.82) is 0 Å². The number of nitrogens with one attached hydrogen (secondary N) is 1. The van der Waals surface area contributed by atoms with Gasteiger partial charge >= 0.3 is 0 Å². The van der Waals surface area contributed by atoms with E-state index in [-0.39, 0.29) is 0 Å². The summed E-state index contributed by atoms with van der Waals surface area (Å²) in [5.41, 5.74) is 3.18. The van der Waals surface area contributed by atoms with Gasteiger partial charge in [0.15, 0.2) is 0 Å². The van der Waals surface area contributed by atoms with Crippen LogP contribution in [0.1, 0.15) is 10.6 Å². The Morgan fingerprint density at radius 3 is 2.83 bits per heavy atom. The molecular weight excluding hydrogens is 246 g/mol. The molecule has 0 aliphatic carbocycles. The Hall–Kier alpha value is -2.01. The molecule has 0 aliphatic heterocycles. The van der Waals surface area contributed by atoms with Gasteiger partial charge in [0.05, 0.1) is 16.9 Å². The van der Waals surface area contributed by atoms with E-state index < -0.39 is 0 Å². The second-order valence-electron chi connectivity index (χ2n) is 4.18. The Balaban J connectivity index is 2.22. The maximum Gasteiger partial charge on any atom is 0.140 e. The number of aromatic amines is 1. The van der Waals surface area contributed by atoms with E-state index in [4.69, 9.17) is 0 Å². The van der Waals surface area contributed by atoms with Gasteiger partial charge < -0.3 is 4.98 Å². The molecule has 2 aromatic heterocycles. The zero-order valence-corrected chi connectivity index (χ0v) is 10.8. The Labute approximate surface area is 108 Å². The van der Waals surface area contributed by atoms with Crippen molar-refractivity contribution in [2.75, 3.05) is 0 Å². The summed E-state index contributed by atoms with van der Waals surface area (Å²) in [6.07, 6.45) is 0. The first-order valence-electron chi connectivity index (χ1n) is 5.58. The fraction of sp³-hybridized carbons (Fsp3) is 0.154. The summed E-state index contributed by atoms with van der Waals surface area (Å²) in [5, 5.41) is 4.95. The number of aromatic nitrogens is 2. The summed E-state index contributed by atoms with van der Waals surface area (Å²) in [7, 11) is 0. The van der Waals surface area contributed by atoms with Crippen LogP contribution >= 0.6 is 11.3 Å². The molecule has 0 amide bonds. The summed E-state index contributed by atoms with van der Waals surface area (Å²) in [5.74, 6) is 0.